The second-order valence-corrected chi connectivity index (χ2v) is 7.16. The molecule has 0 bridgehead atoms. The molecule has 0 spiro atoms. The molecule has 1 fully saturated rings. The van der Waals surface area contributed by atoms with Crippen molar-refractivity contribution < 1.29 is 0 Å². The lowest BCUT2D eigenvalue weighted by Gasteiger charge is -2.31. The van der Waals surface area contributed by atoms with Crippen LogP contribution in [0, 0.1) is 17.2 Å². The maximum absolute atomic E-state index is 10.0. The molecule has 0 saturated heterocycles. The van der Waals surface area contributed by atoms with Gasteiger partial charge in [0, 0.05) is 0 Å². The maximum atomic E-state index is 10.0. The summed E-state index contributed by atoms with van der Waals surface area (Å²) in [4.78, 5) is 2.19. The zero-order chi connectivity index (χ0) is 15.8. The van der Waals surface area contributed by atoms with Gasteiger partial charge in [0.15, 0.2) is 0 Å². The third-order valence-corrected chi connectivity index (χ3v) is 5.23. The Morgan fingerprint density at radius 3 is 2.36 bits per heavy atom. The normalized spacial score (nSPS) is 18.8. The Hall–Kier alpha value is -1.33. The molecule has 1 aliphatic carbocycles. The second-order valence-electron chi connectivity index (χ2n) is 7.16. The topological polar surface area (TPSA) is 27.0 Å². The van der Waals surface area contributed by atoms with Gasteiger partial charge in [-0.05, 0) is 51.4 Å². The number of hydrogen-bond donors (Lipinski definition) is 0. The summed E-state index contributed by atoms with van der Waals surface area (Å²) in [5.74, 6) is 0.838. The van der Waals surface area contributed by atoms with Gasteiger partial charge in [-0.25, -0.2) is 0 Å². The highest BCUT2D eigenvalue weighted by atomic mass is 15.0. The van der Waals surface area contributed by atoms with Crippen molar-refractivity contribution in [2.24, 2.45) is 5.92 Å². The smallest absolute Gasteiger partial charge is 0.0834 e. The third kappa shape index (κ3) is 4.58. The van der Waals surface area contributed by atoms with E-state index in [9.17, 15) is 5.26 Å². The zero-order valence-electron chi connectivity index (χ0n) is 14.2. The van der Waals surface area contributed by atoms with Gasteiger partial charge in [0.1, 0.15) is 0 Å². The van der Waals surface area contributed by atoms with Gasteiger partial charge in [0.25, 0.3) is 0 Å². The van der Waals surface area contributed by atoms with Crippen molar-refractivity contribution in [2.75, 3.05) is 20.6 Å². The molecule has 2 heteroatoms. The number of nitriles is 1. The summed E-state index contributed by atoms with van der Waals surface area (Å²) >= 11 is 0. The van der Waals surface area contributed by atoms with Crippen LogP contribution in [0.25, 0.3) is 0 Å². The van der Waals surface area contributed by atoms with E-state index in [-0.39, 0.29) is 5.41 Å². The van der Waals surface area contributed by atoms with Crippen LogP contribution in [0.5, 0.6) is 0 Å². The van der Waals surface area contributed by atoms with E-state index in [0.29, 0.717) is 0 Å². The Morgan fingerprint density at radius 2 is 1.77 bits per heavy atom. The van der Waals surface area contributed by atoms with Crippen LogP contribution < -0.4 is 0 Å². The summed E-state index contributed by atoms with van der Waals surface area (Å²) in [6, 6.07) is 13.2. The first-order valence-corrected chi connectivity index (χ1v) is 8.78. The van der Waals surface area contributed by atoms with Crippen LogP contribution in [-0.2, 0) is 5.41 Å². The molecule has 1 aromatic carbocycles. The van der Waals surface area contributed by atoms with Crippen LogP contribution in [-0.4, -0.2) is 25.5 Å². The van der Waals surface area contributed by atoms with Gasteiger partial charge in [-0.2, -0.15) is 5.26 Å². The molecule has 1 saturated carbocycles. The van der Waals surface area contributed by atoms with Crippen molar-refractivity contribution in [2.45, 2.75) is 56.8 Å². The molecule has 1 aromatic rings. The van der Waals surface area contributed by atoms with Gasteiger partial charge < -0.3 is 4.90 Å². The lowest BCUT2D eigenvalue weighted by Crippen LogP contribution is -2.30. The minimum Gasteiger partial charge on any atom is -0.309 e. The van der Waals surface area contributed by atoms with Crippen molar-refractivity contribution in [1.29, 1.82) is 5.26 Å². The summed E-state index contributed by atoms with van der Waals surface area (Å²) in [5, 5.41) is 10.0. The lowest BCUT2D eigenvalue weighted by molar-refractivity contribution is 0.287. The van der Waals surface area contributed by atoms with Crippen LogP contribution in [0.3, 0.4) is 0 Å². The molecule has 0 N–H and O–H groups in total. The largest absolute Gasteiger partial charge is 0.309 e. The summed E-state index contributed by atoms with van der Waals surface area (Å²) < 4.78 is 0. The maximum Gasteiger partial charge on any atom is 0.0834 e. The SMILES string of the molecule is CN(C)CC[C@@](C#N)(CCC1CCCCC1)c1ccccc1. The molecular formula is C20H30N2. The highest BCUT2D eigenvalue weighted by molar-refractivity contribution is 5.32. The first-order valence-electron chi connectivity index (χ1n) is 8.78. The molecule has 120 valence electrons. The predicted molar refractivity (Wildman–Crippen MR) is 92.7 cm³/mol. The van der Waals surface area contributed by atoms with Crippen molar-refractivity contribution in [3.8, 4) is 6.07 Å². The van der Waals surface area contributed by atoms with E-state index in [0.717, 1.165) is 25.3 Å². The number of hydrogen-bond acceptors (Lipinski definition) is 2. The molecule has 1 aliphatic rings. The van der Waals surface area contributed by atoms with Gasteiger partial charge >= 0.3 is 0 Å². The van der Waals surface area contributed by atoms with Gasteiger partial charge in [0.2, 0.25) is 0 Å². The second kappa shape index (κ2) is 8.34. The van der Waals surface area contributed by atoms with Crippen molar-refractivity contribution in [1.82, 2.24) is 4.90 Å². The van der Waals surface area contributed by atoms with E-state index in [1.54, 1.807) is 0 Å². The fourth-order valence-electron chi connectivity index (χ4n) is 3.69. The quantitative estimate of drug-likeness (QED) is 0.725. The molecule has 0 aromatic heterocycles. The Kier molecular flexibility index (Phi) is 6.46. The predicted octanol–water partition coefficient (Wildman–Crippen LogP) is 4.76. The molecular weight excluding hydrogens is 268 g/mol. The number of benzene rings is 1. The van der Waals surface area contributed by atoms with Crippen LogP contribution in [0.15, 0.2) is 30.3 Å². The molecule has 22 heavy (non-hydrogen) atoms. The first-order chi connectivity index (χ1) is 10.7. The van der Waals surface area contributed by atoms with E-state index in [4.69, 9.17) is 0 Å². The fourth-order valence-corrected chi connectivity index (χ4v) is 3.69. The Bertz CT molecular complexity index is 468. The highest BCUT2D eigenvalue weighted by Crippen LogP contribution is 2.37. The van der Waals surface area contributed by atoms with Crippen LogP contribution in [0.1, 0.15) is 56.9 Å². The van der Waals surface area contributed by atoms with Crippen LogP contribution in [0.4, 0.5) is 0 Å². The molecule has 2 rings (SSSR count). The molecule has 1 atom stereocenters. The van der Waals surface area contributed by atoms with Crippen LogP contribution in [0.2, 0.25) is 0 Å². The Morgan fingerprint density at radius 1 is 1.09 bits per heavy atom. The third-order valence-electron chi connectivity index (χ3n) is 5.23. The van der Waals surface area contributed by atoms with Crippen LogP contribution >= 0.6 is 0 Å². The molecule has 0 heterocycles. The van der Waals surface area contributed by atoms with E-state index in [1.165, 1.54) is 44.1 Å². The minimum absolute atomic E-state index is 0.316. The summed E-state index contributed by atoms with van der Waals surface area (Å²) in [6.07, 6.45) is 10.0. The molecule has 0 radical (unpaired) electrons. The Labute approximate surface area is 136 Å². The van der Waals surface area contributed by atoms with Crippen molar-refractivity contribution in [3.05, 3.63) is 35.9 Å². The average molecular weight is 298 g/mol. The molecule has 0 unspecified atom stereocenters. The molecule has 2 nitrogen and oxygen atoms in total. The van der Waals surface area contributed by atoms with E-state index < -0.39 is 0 Å². The van der Waals surface area contributed by atoms with Gasteiger partial charge in [0.05, 0.1) is 11.5 Å². The van der Waals surface area contributed by atoms with E-state index in [1.807, 2.05) is 6.07 Å². The van der Waals surface area contributed by atoms with Crippen molar-refractivity contribution >= 4 is 0 Å². The van der Waals surface area contributed by atoms with E-state index >= 15 is 0 Å². The average Bonchev–Trinajstić information content (AvgIpc) is 2.57. The van der Waals surface area contributed by atoms with Gasteiger partial charge in [-0.1, -0.05) is 62.4 Å². The minimum atomic E-state index is -0.316. The number of nitrogens with zero attached hydrogens (tertiary/aromatic N) is 2. The summed E-state index contributed by atoms with van der Waals surface area (Å²) in [7, 11) is 4.18. The standard InChI is InChI=1S/C20H30N2/c1-22(2)16-15-20(17-21,19-11-7-4-8-12-19)14-13-18-9-5-3-6-10-18/h4,7-8,11-12,18H,3,5-6,9-10,13-16H2,1-2H3/t20-/m1/s1. The monoisotopic (exact) mass is 298 g/mol. The molecule has 0 aliphatic heterocycles. The van der Waals surface area contributed by atoms with Gasteiger partial charge in [-0.15, -0.1) is 0 Å². The highest BCUT2D eigenvalue weighted by Gasteiger charge is 2.32. The Balaban J connectivity index is 2.10. The molecule has 0 amide bonds. The zero-order valence-corrected chi connectivity index (χ0v) is 14.2. The number of rotatable bonds is 7. The summed E-state index contributed by atoms with van der Waals surface area (Å²) in [6.45, 7) is 0.965. The first kappa shape index (κ1) is 17.0. The summed E-state index contributed by atoms with van der Waals surface area (Å²) in [5.41, 5.74) is 0.887. The van der Waals surface area contributed by atoms with E-state index in [2.05, 4.69) is 49.3 Å². The van der Waals surface area contributed by atoms with Gasteiger partial charge in [-0.3, -0.25) is 0 Å². The lowest BCUT2D eigenvalue weighted by atomic mass is 9.72. The fraction of sp³-hybridized carbons (Fsp3) is 0.650. The van der Waals surface area contributed by atoms with Crippen molar-refractivity contribution in [3.63, 3.8) is 0 Å².